The summed E-state index contributed by atoms with van der Waals surface area (Å²) >= 11 is 0. The first-order valence-electron chi connectivity index (χ1n) is 11.7. The van der Waals surface area contributed by atoms with Crippen LogP contribution in [-0.2, 0) is 14.8 Å². The summed E-state index contributed by atoms with van der Waals surface area (Å²) in [6.07, 6.45) is 10.7. The highest BCUT2D eigenvalue weighted by Gasteiger charge is 2.50. The first-order chi connectivity index (χ1) is 14.3. The number of aryl methyl sites for hydroxylation is 1. The van der Waals surface area contributed by atoms with Crippen LogP contribution in [0.4, 0.5) is 0 Å². The predicted octanol–water partition coefficient (Wildman–Crippen LogP) is 3.87. The van der Waals surface area contributed by atoms with Crippen molar-refractivity contribution in [3.8, 4) is 0 Å². The van der Waals surface area contributed by atoms with Crippen LogP contribution in [0.1, 0.15) is 63.4 Å². The number of hydrogen-bond donors (Lipinski definition) is 1. The van der Waals surface area contributed by atoms with Gasteiger partial charge in [-0.05, 0) is 100 Å². The van der Waals surface area contributed by atoms with Crippen LogP contribution >= 0.6 is 0 Å². The average Bonchev–Trinajstić information content (AvgIpc) is 3.18. The number of benzene rings is 1. The van der Waals surface area contributed by atoms with Crippen molar-refractivity contribution in [2.75, 3.05) is 13.1 Å². The van der Waals surface area contributed by atoms with Gasteiger partial charge in [-0.15, -0.1) is 0 Å². The van der Waals surface area contributed by atoms with Crippen molar-refractivity contribution < 1.29 is 13.2 Å². The Morgan fingerprint density at radius 3 is 2.27 bits per heavy atom. The number of carbonyl (C=O) groups is 1. The molecule has 0 spiro atoms. The Morgan fingerprint density at radius 1 is 1.07 bits per heavy atom. The maximum absolute atomic E-state index is 13.1. The van der Waals surface area contributed by atoms with Crippen LogP contribution in [0.2, 0.25) is 0 Å². The summed E-state index contributed by atoms with van der Waals surface area (Å²) in [5.74, 6) is 2.62. The summed E-state index contributed by atoms with van der Waals surface area (Å²) in [5.41, 5.74) is 1.46. The molecule has 5 nitrogen and oxygen atoms in total. The standard InChI is InChI=1S/C24H34N2O3S/c1-17-4-6-21(7-5-17)30(28,29)26-10-2-3-22(26)23(27)25-9-8-24-14-18-11-19(15-24)13-20(12-18)16-24/h4-7,18-20,22H,2-3,8-16H2,1H3,(H,25,27). The Labute approximate surface area is 180 Å². The molecule has 4 bridgehead atoms. The van der Waals surface area contributed by atoms with Crippen LogP contribution in [0.5, 0.6) is 0 Å². The molecule has 5 aliphatic rings. The fourth-order valence-corrected chi connectivity index (χ4v) is 8.96. The van der Waals surface area contributed by atoms with Crippen molar-refractivity contribution in [3.63, 3.8) is 0 Å². The Bertz CT molecular complexity index is 874. The van der Waals surface area contributed by atoms with E-state index in [1.807, 2.05) is 19.1 Å². The molecule has 0 radical (unpaired) electrons. The van der Waals surface area contributed by atoms with E-state index >= 15 is 0 Å². The van der Waals surface area contributed by atoms with Gasteiger partial charge in [0.25, 0.3) is 0 Å². The highest BCUT2D eigenvalue weighted by Crippen LogP contribution is 2.61. The van der Waals surface area contributed by atoms with Crippen LogP contribution < -0.4 is 5.32 Å². The van der Waals surface area contributed by atoms with Crippen molar-refractivity contribution >= 4 is 15.9 Å². The monoisotopic (exact) mass is 430 g/mol. The summed E-state index contributed by atoms with van der Waals surface area (Å²) in [4.78, 5) is 13.2. The molecule has 1 aromatic rings. The van der Waals surface area contributed by atoms with Crippen molar-refractivity contribution in [2.45, 2.75) is 75.6 Å². The van der Waals surface area contributed by atoms with Gasteiger partial charge in [-0.3, -0.25) is 4.79 Å². The van der Waals surface area contributed by atoms with Crippen LogP contribution in [0.25, 0.3) is 0 Å². The molecule has 1 saturated heterocycles. The fraction of sp³-hybridized carbons (Fsp3) is 0.708. The summed E-state index contributed by atoms with van der Waals surface area (Å²) < 4.78 is 27.6. The number of carbonyl (C=O) groups excluding carboxylic acids is 1. The zero-order chi connectivity index (χ0) is 20.9. The maximum atomic E-state index is 13.1. The lowest BCUT2D eigenvalue weighted by Crippen LogP contribution is -2.49. The maximum Gasteiger partial charge on any atom is 0.243 e. The molecule has 0 aromatic heterocycles. The van der Waals surface area contributed by atoms with Crippen molar-refractivity contribution in [2.24, 2.45) is 23.2 Å². The van der Waals surface area contributed by atoms with E-state index in [0.717, 1.165) is 36.2 Å². The van der Waals surface area contributed by atoms with Crippen molar-refractivity contribution in [1.29, 1.82) is 0 Å². The molecule has 6 rings (SSSR count). The lowest BCUT2D eigenvalue weighted by Gasteiger charge is -2.57. The molecule has 5 fully saturated rings. The normalized spacial score (nSPS) is 35.6. The Hall–Kier alpha value is -1.40. The largest absolute Gasteiger partial charge is 0.355 e. The zero-order valence-corrected chi connectivity index (χ0v) is 18.8. The minimum Gasteiger partial charge on any atom is -0.355 e. The topological polar surface area (TPSA) is 66.5 Å². The van der Waals surface area contributed by atoms with Gasteiger partial charge in [-0.1, -0.05) is 17.7 Å². The highest BCUT2D eigenvalue weighted by molar-refractivity contribution is 7.89. The second-order valence-corrected chi connectivity index (χ2v) is 12.4. The molecule has 1 unspecified atom stereocenters. The predicted molar refractivity (Wildman–Crippen MR) is 116 cm³/mol. The highest BCUT2D eigenvalue weighted by atomic mass is 32.2. The molecule has 30 heavy (non-hydrogen) atoms. The third-order valence-corrected chi connectivity index (χ3v) is 10.2. The number of sulfonamides is 1. The molecule has 6 heteroatoms. The average molecular weight is 431 g/mol. The summed E-state index contributed by atoms with van der Waals surface area (Å²) in [7, 11) is -3.64. The van der Waals surface area contributed by atoms with E-state index in [9.17, 15) is 13.2 Å². The molecule has 1 amide bonds. The third kappa shape index (κ3) is 3.70. The van der Waals surface area contributed by atoms with Gasteiger partial charge in [0, 0.05) is 13.1 Å². The first-order valence-corrected chi connectivity index (χ1v) is 13.1. The minimum absolute atomic E-state index is 0.118. The Morgan fingerprint density at radius 2 is 1.67 bits per heavy atom. The lowest BCUT2D eigenvalue weighted by atomic mass is 9.49. The zero-order valence-electron chi connectivity index (χ0n) is 18.0. The second kappa shape index (κ2) is 7.63. The molecular weight excluding hydrogens is 396 g/mol. The number of amides is 1. The van der Waals surface area contributed by atoms with Gasteiger partial charge >= 0.3 is 0 Å². The molecule has 4 aliphatic carbocycles. The molecule has 164 valence electrons. The van der Waals surface area contributed by atoms with E-state index in [4.69, 9.17) is 0 Å². The van der Waals surface area contributed by atoms with Gasteiger partial charge in [-0.25, -0.2) is 8.42 Å². The van der Waals surface area contributed by atoms with Gasteiger partial charge in [0.05, 0.1) is 4.90 Å². The number of rotatable bonds is 6. The summed E-state index contributed by atoms with van der Waals surface area (Å²) in [6.45, 7) is 3.04. The van der Waals surface area contributed by atoms with Crippen LogP contribution in [0, 0.1) is 30.1 Å². The smallest absolute Gasteiger partial charge is 0.243 e. The SMILES string of the molecule is Cc1ccc(S(=O)(=O)N2CCCC2C(=O)NCCC23CC4CC(CC(C4)C2)C3)cc1. The van der Waals surface area contributed by atoms with Crippen LogP contribution in [0.3, 0.4) is 0 Å². The van der Waals surface area contributed by atoms with Crippen molar-refractivity contribution in [3.05, 3.63) is 29.8 Å². The van der Waals surface area contributed by atoms with E-state index in [1.54, 1.807) is 12.1 Å². The number of nitrogens with zero attached hydrogens (tertiary/aromatic N) is 1. The molecule has 1 aromatic carbocycles. The minimum atomic E-state index is -3.64. The van der Waals surface area contributed by atoms with Gasteiger partial charge in [0.2, 0.25) is 15.9 Å². The molecule has 1 aliphatic heterocycles. The van der Waals surface area contributed by atoms with E-state index in [1.165, 1.54) is 42.8 Å². The number of nitrogens with one attached hydrogen (secondary N) is 1. The van der Waals surface area contributed by atoms with Crippen molar-refractivity contribution in [1.82, 2.24) is 9.62 Å². The van der Waals surface area contributed by atoms with Crippen LogP contribution in [-0.4, -0.2) is 37.8 Å². The van der Waals surface area contributed by atoms with Gasteiger partial charge < -0.3 is 5.32 Å². The van der Waals surface area contributed by atoms with Gasteiger partial charge in [-0.2, -0.15) is 4.31 Å². The molecular formula is C24H34N2O3S. The number of hydrogen-bond acceptors (Lipinski definition) is 3. The Balaban J connectivity index is 1.21. The summed E-state index contributed by atoms with van der Waals surface area (Å²) in [6, 6.07) is 6.33. The van der Waals surface area contributed by atoms with Gasteiger partial charge in [0.1, 0.15) is 6.04 Å². The molecule has 1 atom stereocenters. The quantitative estimate of drug-likeness (QED) is 0.745. The second-order valence-electron chi connectivity index (χ2n) is 10.5. The van der Waals surface area contributed by atoms with E-state index < -0.39 is 16.1 Å². The Kier molecular flexibility index (Phi) is 5.21. The first kappa shape index (κ1) is 20.5. The van der Waals surface area contributed by atoms with E-state index in [0.29, 0.717) is 24.9 Å². The van der Waals surface area contributed by atoms with E-state index in [2.05, 4.69) is 5.32 Å². The summed E-state index contributed by atoms with van der Waals surface area (Å²) in [5, 5.41) is 3.12. The fourth-order valence-electron chi connectivity index (χ4n) is 7.30. The lowest BCUT2D eigenvalue weighted by molar-refractivity contribution is -0.124. The molecule has 4 saturated carbocycles. The molecule has 1 N–H and O–H groups in total. The van der Waals surface area contributed by atoms with E-state index in [-0.39, 0.29) is 10.8 Å². The molecule has 1 heterocycles. The van der Waals surface area contributed by atoms with Crippen LogP contribution in [0.15, 0.2) is 29.2 Å². The third-order valence-electron chi connectivity index (χ3n) is 8.25. The van der Waals surface area contributed by atoms with Gasteiger partial charge in [0.15, 0.2) is 0 Å².